The summed E-state index contributed by atoms with van der Waals surface area (Å²) >= 11 is 0. The number of carbonyl (C=O) groups excluding carboxylic acids is 1. The highest BCUT2D eigenvalue weighted by Gasteiger charge is 2.28. The van der Waals surface area contributed by atoms with Gasteiger partial charge in [-0.05, 0) is 31.1 Å². The fraction of sp³-hybridized carbons (Fsp3) is 0.933. The topological polar surface area (TPSA) is 108 Å². The van der Waals surface area contributed by atoms with Crippen LogP contribution >= 0.6 is 0 Å². The Morgan fingerprint density at radius 3 is 2.39 bits per heavy atom. The van der Waals surface area contributed by atoms with Gasteiger partial charge in [-0.3, -0.25) is 0 Å². The van der Waals surface area contributed by atoms with Gasteiger partial charge < -0.3 is 15.7 Å². The lowest BCUT2D eigenvalue weighted by Crippen LogP contribution is -2.55. The van der Waals surface area contributed by atoms with E-state index in [9.17, 15) is 18.3 Å². The molecule has 23 heavy (non-hydrogen) atoms. The molecule has 0 aromatic rings. The minimum absolute atomic E-state index is 0.125. The molecule has 1 saturated carbocycles. The highest BCUT2D eigenvalue weighted by Crippen LogP contribution is 2.21. The van der Waals surface area contributed by atoms with Gasteiger partial charge in [0.15, 0.2) is 0 Å². The average molecular weight is 349 g/mol. The van der Waals surface area contributed by atoms with Crippen LogP contribution in [0.1, 0.15) is 52.4 Å². The van der Waals surface area contributed by atoms with E-state index in [2.05, 4.69) is 15.4 Å². The maximum atomic E-state index is 12.0. The largest absolute Gasteiger partial charge is 0.396 e. The number of aliphatic hydroxyl groups is 1. The molecule has 7 nitrogen and oxygen atoms in total. The molecule has 1 aliphatic carbocycles. The molecule has 0 aliphatic heterocycles. The molecule has 0 radical (unpaired) electrons. The molecule has 0 bridgehead atoms. The van der Waals surface area contributed by atoms with Crippen LogP contribution in [-0.2, 0) is 10.0 Å². The molecule has 0 aromatic heterocycles. The first-order valence-corrected chi connectivity index (χ1v) is 10.1. The standard InChI is InChI=1S/C15H31N3O4S/c1-15(2,11-19)9-6-10-16-14(20)17-12-7-4-5-8-13(12)18-23(3,21)22/h12-13,18-19H,4-11H2,1-3H3,(H2,16,17,20)/t12-,13+/m0/s1. The number of sulfonamides is 1. The lowest BCUT2D eigenvalue weighted by atomic mass is 9.89. The normalized spacial score (nSPS) is 22.6. The third-order valence-electron chi connectivity index (χ3n) is 4.19. The Bertz CT molecular complexity index is 479. The molecule has 0 unspecified atom stereocenters. The Morgan fingerprint density at radius 1 is 1.22 bits per heavy atom. The zero-order chi connectivity index (χ0) is 17.5. The minimum atomic E-state index is -3.28. The van der Waals surface area contributed by atoms with E-state index in [0.717, 1.165) is 44.8 Å². The molecule has 1 aliphatic rings. The minimum Gasteiger partial charge on any atom is -0.396 e. The predicted molar refractivity (Wildman–Crippen MR) is 90.7 cm³/mol. The molecule has 2 atom stereocenters. The van der Waals surface area contributed by atoms with Crippen LogP contribution in [0.5, 0.6) is 0 Å². The summed E-state index contributed by atoms with van der Waals surface area (Å²) in [4.78, 5) is 12.0. The second kappa shape index (κ2) is 8.84. The average Bonchev–Trinajstić information content (AvgIpc) is 2.44. The van der Waals surface area contributed by atoms with Crippen LogP contribution in [0.25, 0.3) is 0 Å². The van der Waals surface area contributed by atoms with Gasteiger partial charge >= 0.3 is 6.03 Å². The van der Waals surface area contributed by atoms with Gasteiger partial charge in [0.1, 0.15) is 0 Å². The summed E-state index contributed by atoms with van der Waals surface area (Å²) in [5, 5.41) is 14.9. The van der Waals surface area contributed by atoms with Crippen LogP contribution in [0.2, 0.25) is 0 Å². The van der Waals surface area contributed by atoms with Crippen LogP contribution in [0.4, 0.5) is 4.79 Å². The summed E-state index contributed by atoms with van der Waals surface area (Å²) in [6.07, 6.45) is 6.21. The molecular formula is C15H31N3O4S. The maximum absolute atomic E-state index is 12.0. The smallest absolute Gasteiger partial charge is 0.315 e. The van der Waals surface area contributed by atoms with E-state index >= 15 is 0 Å². The van der Waals surface area contributed by atoms with E-state index in [0.29, 0.717) is 6.54 Å². The van der Waals surface area contributed by atoms with E-state index in [1.54, 1.807) is 0 Å². The molecule has 2 amide bonds. The van der Waals surface area contributed by atoms with Crippen LogP contribution in [-0.4, -0.2) is 51.0 Å². The van der Waals surface area contributed by atoms with Crippen LogP contribution in [0.3, 0.4) is 0 Å². The van der Waals surface area contributed by atoms with Gasteiger partial charge in [-0.2, -0.15) is 0 Å². The quantitative estimate of drug-likeness (QED) is 0.489. The van der Waals surface area contributed by atoms with E-state index in [-0.39, 0.29) is 30.1 Å². The molecule has 1 rings (SSSR count). The molecule has 8 heteroatoms. The molecule has 0 aromatic carbocycles. The summed E-state index contributed by atoms with van der Waals surface area (Å²) in [6, 6.07) is -0.677. The highest BCUT2D eigenvalue weighted by atomic mass is 32.2. The predicted octanol–water partition coefficient (Wildman–Crippen LogP) is 0.945. The van der Waals surface area contributed by atoms with Crippen LogP contribution < -0.4 is 15.4 Å². The number of amides is 2. The number of hydrogen-bond acceptors (Lipinski definition) is 4. The number of carbonyl (C=O) groups is 1. The van der Waals surface area contributed by atoms with Crippen molar-refractivity contribution in [2.24, 2.45) is 5.41 Å². The highest BCUT2D eigenvalue weighted by molar-refractivity contribution is 7.88. The van der Waals surface area contributed by atoms with Crippen molar-refractivity contribution in [1.29, 1.82) is 0 Å². The first-order valence-electron chi connectivity index (χ1n) is 8.25. The molecular weight excluding hydrogens is 318 g/mol. The van der Waals surface area contributed by atoms with Crippen molar-refractivity contribution < 1.29 is 18.3 Å². The summed E-state index contributed by atoms with van der Waals surface area (Å²) in [5.74, 6) is 0. The number of aliphatic hydroxyl groups excluding tert-OH is 1. The Hall–Kier alpha value is -0.860. The van der Waals surface area contributed by atoms with Crippen LogP contribution in [0, 0.1) is 5.41 Å². The van der Waals surface area contributed by atoms with Crippen molar-refractivity contribution >= 4 is 16.1 Å². The van der Waals surface area contributed by atoms with Gasteiger partial charge in [-0.25, -0.2) is 17.9 Å². The van der Waals surface area contributed by atoms with Gasteiger partial charge in [0, 0.05) is 25.2 Å². The van der Waals surface area contributed by atoms with Gasteiger partial charge in [-0.15, -0.1) is 0 Å². The van der Waals surface area contributed by atoms with E-state index in [1.165, 1.54) is 0 Å². The number of nitrogens with one attached hydrogen (secondary N) is 3. The third-order valence-corrected chi connectivity index (χ3v) is 4.92. The molecule has 1 fully saturated rings. The fourth-order valence-corrected chi connectivity index (χ4v) is 3.62. The van der Waals surface area contributed by atoms with Gasteiger partial charge in [0.05, 0.1) is 6.26 Å². The van der Waals surface area contributed by atoms with Crippen molar-refractivity contribution in [2.75, 3.05) is 19.4 Å². The Labute approximate surface area is 139 Å². The van der Waals surface area contributed by atoms with Crippen molar-refractivity contribution in [3.63, 3.8) is 0 Å². The van der Waals surface area contributed by atoms with Gasteiger partial charge in [0.2, 0.25) is 10.0 Å². The summed E-state index contributed by atoms with van der Waals surface area (Å²) < 4.78 is 25.4. The zero-order valence-corrected chi connectivity index (χ0v) is 15.2. The molecule has 0 spiro atoms. The first kappa shape index (κ1) is 20.2. The second-order valence-electron chi connectivity index (χ2n) is 7.21. The first-order chi connectivity index (χ1) is 10.6. The maximum Gasteiger partial charge on any atom is 0.315 e. The Balaban J connectivity index is 2.36. The Morgan fingerprint density at radius 2 is 1.83 bits per heavy atom. The van der Waals surface area contributed by atoms with E-state index < -0.39 is 10.0 Å². The molecule has 0 heterocycles. The molecule has 0 saturated heterocycles. The van der Waals surface area contributed by atoms with Crippen LogP contribution in [0.15, 0.2) is 0 Å². The second-order valence-corrected chi connectivity index (χ2v) is 8.99. The van der Waals surface area contributed by atoms with Gasteiger partial charge in [-0.1, -0.05) is 26.7 Å². The van der Waals surface area contributed by atoms with Crippen molar-refractivity contribution in [1.82, 2.24) is 15.4 Å². The summed E-state index contributed by atoms with van der Waals surface area (Å²) in [6.45, 7) is 4.62. The number of rotatable bonds is 8. The summed E-state index contributed by atoms with van der Waals surface area (Å²) in [5.41, 5.74) is -0.133. The number of hydrogen-bond donors (Lipinski definition) is 4. The molecule has 136 valence electrons. The fourth-order valence-electron chi connectivity index (χ4n) is 2.79. The van der Waals surface area contributed by atoms with Crippen molar-refractivity contribution in [3.8, 4) is 0 Å². The zero-order valence-electron chi connectivity index (χ0n) is 14.4. The van der Waals surface area contributed by atoms with Crippen molar-refractivity contribution in [3.05, 3.63) is 0 Å². The third kappa shape index (κ3) is 8.53. The lowest BCUT2D eigenvalue weighted by molar-refractivity contribution is 0.148. The number of urea groups is 1. The SMILES string of the molecule is CC(C)(CO)CCCNC(=O)N[C@H]1CCCC[C@H]1NS(C)(=O)=O. The van der Waals surface area contributed by atoms with Crippen molar-refractivity contribution in [2.45, 2.75) is 64.5 Å². The van der Waals surface area contributed by atoms with E-state index in [1.807, 2.05) is 13.8 Å². The van der Waals surface area contributed by atoms with E-state index in [4.69, 9.17) is 0 Å². The monoisotopic (exact) mass is 349 g/mol. The lowest BCUT2D eigenvalue weighted by Gasteiger charge is -2.32. The molecule has 4 N–H and O–H groups in total. The summed E-state index contributed by atoms with van der Waals surface area (Å²) in [7, 11) is -3.28. The van der Waals surface area contributed by atoms with Gasteiger partial charge in [0.25, 0.3) is 0 Å². The Kier molecular flexibility index (Phi) is 7.76.